The van der Waals surface area contributed by atoms with Gasteiger partial charge in [0.1, 0.15) is 5.76 Å². The van der Waals surface area contributed by atoms with Gasteiger partial charge in [-0.3, -0.25) is 0 Å². The van der Waals surface area contributed by atoms with Gasteiger partial charge >= 0.3 is 0 Å². The molecule has 1 rings (SSSR count). The van der Waals surface area contributed by atoms with Gasteiger partial charge < -0.3 is 20.6 Å². The number of nitrogens with one attached hydrogen (secondary N) is 1. The van der Waals surface area contributed by atoms with Crippen LogP contribution in [0.25, 0.3) is 0 Å². The van der Waals surface area contributed by atoms with Gasteiger partial charge in [-0.2, -0.15) is 0 Å². The van der Waals surface area contributed by atoms with Crippen LogP contribution in [-0.2, 0) is 0 Å². The van der Waals surface area contributed by atoms with Crippen LogP contribution in [0.2, 0.25) is 0 Å². The van der Waals surface area contributed by atoms with Crippen molar-refractivity contribution < 1.29 is 15.3 Å². The number of allylic oxidation sites excluding steroid dienone is 2. The van der Waals surface area contributed by atoms with E-state index in [2.05, 4.69) is 5.32 Å². The number of hydrogen-bond donors (Lipinski definition) is 4. The van der Waals surface area contributed by atoms with Crippen molar-refractivity contribution in [1.29, 1.82) is 0 Å². The Morgan fingerprint density at radius 1 is 1.50 bits per heavy atom. The molecule has 0 heterocycles. The van der Waals surface area contributed by atoms with Crippen molar-refractivity contribution in [2.45, 2.75) is 13.0 Å². The Balaban J connectivity index is 2.72. The summed E-state index contributed by atoms with van der Waals surface area (Å²) in [5.41, 5.74) is 0. The number of aliphatic hydroxyl groups is 3. The van der Waals surface area contributed by atoms with Crippen molar-refractivity contribution in [3.05, 3.63) is 23.7 Å². The van der Waals surface area contributed by atoms with Crippen LogP contribution in [0.15, 0.2) is 23.7 Å². The maximum absolute atomic E-state index is 9.72. The summed E-state index contributed by atoms with van der Waals surface area (Å²) in [5.74, 6) is -0.556. The first kappa shape index (κ1) is 11.1. The first-order chi connectivity index (χ1) is 6.57. The van der Waals surface area contributed by atoms with Gasteiger partial charge in [-0.15, -0.1) is 0 Å². The highest BCUT2D eigenvalue weighted by Crippen LogP contribution is 2.29. The van der Waals surface area contributed by atoms with Crippen LogP contribution in [0.1, 0.15) is 6.92 Å². The summed E-state index contributed by atoms with van der Waals surface area (Å²) in [6.07, 6.45) is 2.60. The van der Waals surface area contributed by atoms with E-state index in [0.29, 0.717) is 6.54 Å². The van der Waals surface area contributed by atoms with Crippen molar-refractivity contribution in [1.82, 2.24) is 5.32 Å². The van der Waals surface area contributed by atoms with Gasteiger partial charge in [-0.05, 0) is 13.1 Å². The zero-order valence-electron chi connectivity index (χ0n) is 8.44. The van der Waals surface area contributed by atoms with Gasteiger partial charge in [-0.25, -0.2) is 0 Å². The lowest BCUT2D eigenvalue weighted by Gasteiger charge is -2.28. The molecule has 1 aliphatic carbocycles. The fourth-order valence-corrected chi connectivity index (χ4v) is 1.68. The van der Waals surface area contributed by atoms with E-state index in [0.717, 1.165) is 0 Å². The summed E-state index contributed by atoms with van der Waals surface area (Å²) in [5, 5.41) is 31.3. The Morgan fingerprint density at radius 2 is 2.14 bits per heavy atom. The minimum absolute atomic E-state index is 0.0485. The van der Waals surface area contributed by atoms with E-state index in [4.69, 9.17) is 0 Å². The molecule has 4 nitrogen and oxygen atoms in total. The van der Waals surface area contributed by atoms with Crippen molar-refractivity contribution in [2.24, 2.45) is 11.8 Å². The largest absolute Gasteiger partial charge is 0.508 e. The summed E-state index contributed by atoms with van der Waals surface area (Å²) < 4.78 is 0. The minimum Gasteiger partial charge on any atom is -0.508 e. The predicted octanol–water partition coefficient (Wildman–Crippen LogP) is 0.716. The van der Waals surface area contributed by atoms with Crippen molar-refractivity contribution in [3.63, 3.8) is 0 Å². The summed E-state index contributed by atoms with van der Waals surface area (Å²) in [6, 6.07) is 0. The summed E-state index contributed by atoms with van der Waals surface area (Å²) in [6.45, 7) is 2.24. The van der Waals surface area contributed by atoms with Gasteiger partial charge in [0.05, 0.1) is 6.10 Å². The molecular weight excluding hydrogens is 182 g/mol. The van der Waals surface area contributed by atoms with Gasteiger partial charge in [0, 0.05) is 18.4 Å². The number of hydrogen-bond acceptors (Lipinski definition) is 4. The van der Waals surface area contributed by atoms with Crippen LogP contribution < -0.4 is 5.32 Å². The maximum Gasteiger partial charge on any atom is 0.152 e. The number of aliphatic hydroxyl groups excluding tert-OH is 3. The van der Waals surface area contributed by atoms with E-state index in [1.807, 2.05) is 0 Å². The van der Waals surface area contributed by atoms with Crippen molar-refractivity contribution in [3.8, 4) is 0 Å². The SMILES string of the molecule is CNC[C@H](O)C1C=CC(O)=C(O)C1C. The third kappa shape index (κ3) is 2.08. The fraction of sp³-hybridized carbons (Fsp3) is 0.600. The molecule has 0 aromatic carbocycles. The Hall–Kier alpha value is -1.00. The van der Waals surface area contributed by atoms with Crippen LogP contribution in [-0.4, -0.2) is 35.0 Å². The molecule has 4 heteroatoms. The standard InChI is InChI=1S/C10H17NO3/c1-6-7(9(13)5-11-2)3-4-8(12)10(6)14/h3-4,6-7,9,11-14H,5H2,1-2H3/t6?,7?,9-/m0/s1. The highest BCUT2D eigenvalue weighted by atomic mass is 16.3. The number of likely N-dealkylation sites (N-methyl/N-ethyl adjacent to an activating group) is 1. The maximum atomic E-state index is 9.72. The summed E-state index contributed by atoms with van der Waals surface area (Å²) >= 11 is 0. The van der Waals surface area contributed by atoms with Crippen LogP contribution in [0.4, 0.5) is 0 Å². The normalized spacial score (nSPS) is 29.4. The predicted molar refractivity (Wildman–Crippen MR) is 54.0 cm³/mol. The zero-order chi connectivity index (χ0) is 10.7. The van der Waals surface area contributed by atoms with Crippen LogP contribution in [0.3, 0.4) is 0 Å². The molecule has 0 aromatic rings. The van der Waals surface area contributed by atoms with Crippen molar-refractivity contribution >= 4 is 0 Å². The van der Waals surface area contributed by atoms with E-state index in [1.54, 1.807) is 20.0 Å². The molecule has 0 saturated carbocycles. The molecule has 14 heavy (non-hydrogen) atoms. The molecule has 80 valence electrons. The molecule has 0 radical (unpaired) electrons. The topological polar surface area (TPSA) is 72.7 Å². The van der Waals surface area contributed by atoms with Crippen LogP contribution in [0.5, 0.6) is 0 Å². The molecule has 0 aromatic heterocycles. The fourth-order valence-electron chi connectivity index (χ4n) is 1.68. The van der Waals surface area contributed by atoms with E-state index in [-0.39, 0.29) is 23.4 Å². The molecule has 0 aliphatic heterocycles. The van der Waals surface area contributed by atoms with E-state index in [1.165, 1.54) is 6.08 Å². The molecule has 0 saturated heterocycles. The third-order valence-corrected chi connectivity index (χ3v) is 2.60. The second kappa shape index (κ2) is 4.48. The van der Waals surface area contributed by atoms with Gasteiger partial charge in [-0.1, -0.05) is 13.0 Å². The van der Waals surface area contributed by atoms with E-state index < -0.39 is 6.10 Å². The molecule has 3 atom stereocenters. The lowest BCUT2D eigenvalue weighted by Crippen LogP contribution is -2.35. The monoisotopic (exact) mass is 199 g/mol. The smallest absolute Gasteiger partial charge is 0.152 e. The molecule has 0 bridgehead atoms. The molecule has 0 fully saturated rings. The van der Waals surface area contributed by atoms with Crippen molar-refractivity contribution in [2.75, 3.05) is 13.6 Å². The van der Waals surface area contributed by atoms with Gasteiger partial charge in [0.25, 0.3) is 0 Å². The first-order valence-corrected chi connectivity index (χ1v) is 4.71. The average Bonchev–Trinajstić information content (AvgIpc) is 2.15. The molecule has 2 unspecified atom stereocenters. The Morgan fingerprint density at radius 3 is 2.71 bits per heavy atom. The Kier molecular flexibility index (Phi) is 3.55. The van der Waals surface area contributed by atoms with Gasteiger partial charge in [0.2, 0.25) is 0 Å². The lowest BCUT2D eigenvalue weighted by molar-refractivity contribution is 0.0945. The second-order valence-corrected chi connectivity index (χ2v) is 3.62. The van der Waals surface area contributed by atoms with Gasteiger partial charge in [0.15, 0.2) is 5.76 Å². The summed E-state index contributed by atoms with van der Waals surface area (Å²) in [7, 11) is 1.76. The number of rotatable bonds is 3. The highest BCUT2D eigenvalue weighted by Gasteiger charge is 2.29. The Bertz CT molecular complexity index is 260. The quantitative estimate of drug-likeness (QED) is 0.540. The zero-order valence-corrected chi connectivity index (χ0v) is 8.44. The molecular formula is C10H17NO3. The van der Waals surface area contributed by atoms with E-state index in [9.17, 15) is 15.3 Å². The molecule has 4 N–H and O–H groups in total. The van der Waals surface area contributed by atoms with E-state index >= 15 is 0 Å². The van der Waals surface area contributed by atoms with Crippen LogP contribution >= 0.6 is 0 Å². The lowest BCUT2D eigenvalue weighted by atomic mass is 9.83. The van der Waals surface area contributed by atoms with Crippen LogP contribution in [0, 0.1) is 11.8 Å². The minimum atomic E-state index is -0.554. The second-order valence-electron chi connectivity index (χ2n) is 3.62. The third-order valence-electron chi connectivity index (χ3n) is 2.60. The molecule has 1 aliphatic rings. The molecule has 0 amide bonds. The Labute approximate surface area is 83.6 Å². The highest BCUT2D eigenvalue weighted by molar-refractivity contribution is 5.23. The summed E-state index contributed by atoms with van der Waals surface area (Å²) in [4.78, 5) is 0. The molecule has 0 spiro atoms. The first-order valence-electron chi connectivity index (χ1n) is 4.71. The average molecular weight is 199 g/mol.